The zero-order valence-corrected chi connectivity index (χ0v) is 12.8. The summed E-state index contributed by atoms with van der Waals surface area (Å²) in [6, 6.07) is 16.5. The maximum Gasteiger partial charge on any atom is 0.269 e. The maximum atomic E-state index is 11.0. The number of hydrogen-bond donors (Lipinski definition) is 2. The third-order valence-corrected chi connectivity index (χ3v) is 4.52. The van der Waals surface area contributed by atoms with Gasteiger partial charge in [-0.15, -0.1) is 0 Å². The van der Waals surface area contributed by atoms with Crippen LogP contribution < -0.4 is 5.32 Å². The van der Waals surface area contributed by atoms with Crippen LogP contribution in [0.15, 0.2) is 54.6 Å². The number of non-ortho nitro benzene ring substituents is 1. The normalized spacial score (nSPS) is 16.7. The summed E-state index contributed by atoms with van der Waals surface area (Å²) < 4.78 is 0. The minimum atomic E-state index is -0.373. The molecule has 2 aromatic carbocycles. The first-order valence-electron chi connectivity index (χ1n) is 7.77. The summed E-state index contributed by atoms with van der Waals surface area (Å²) in [4.78, 5) is 10.7. The van der Waals surface area contributed by atoms with E-state index in [0.717, 1.165) is 24.0 Å². The smallest absolute Gasteiger partial charge is 0.269 e. The van der Waals surface area contributed by atoms with Crippen molar-refractivity contribution in [1.29, 1.82) is 0 Å². The van der Waals surface area contributed by atoms with Gasteiger partial charge in [0.15, 0.2) is 0 Å². The van der Waals surface area contributed by atoms with Crippen LogP contribution in [-0.2, 0) is 0 Å². The summed E-state index contributed by atoms with van der Waals surface area (Å²) in [6.07, 6.45) is 2.04. The maximum absolute atomic E-state index is 11.0. The molecule has 0 amide bonds. The fourth-order valence-corrected chi connectivity index (χ4v) is 2.78. The Morgan fingerprint density at radius 3 is 2.43 bits per heavy atom. The highest BCUT2D eigenvalue weighted by atomic mass is 16.6. The van der Waals surface area contributed by atoms with E-state index in [4.69, 9.17) is 0 Å². The third-order valence-electron chi connectivity index (χ3n) is 4.52. The van der Waals surface area contributed by atoms with Gasteiger partial charge in [-0.2, -0.15) is 0 Å². The Morgan fingerprint density at radius 2 is 1.83 bits per heavy atom. The Bertz CT molecular complexity index is 684. The fraction of sp³-hybridized carbons (Fsp3) is 0.333. The molecule has 0 aliphatic heterocycles. The fourth-order valence-electron chi connectivity index (χ4n) is 2.78. The van der Waals surface area contributed by atoms with Crippen molar-refractivity contribution in [2.75, 3.05) is 13.2 Å². The molecule has 1 unspecified atom stereocenters. The Labute approximate surface area is 135 Å². The highest BCUT2D eigenvalue weighted by Crippen LogP contribution is 2.44. The highest BCUT2D eigenvalue weighted by molar-refractivity contribution is 5.40. The molecule has 5 heteroatoms. The minimum absolute atomic E-state index is 0.0201. The van der Waals surface area contributed by atoms with E-state index in [9.17, 15) is 15.2 Å². The molecule has 23 heavy (non-hydrogen) atoms. The van der Waals surface area contributed by atoms with Gasteiger partial charge in [0, 0.05) is 30.7 Å². The standard InChI is InChI=1S/C18H20N2O3/c21-13-18(9-10-18)12-19-17(14-5-2-1-3-6-14)15-7-4-8-16(11-15)20(22)23/h1-8,11,17,19,21H,9-10,12-13H2. The number of rotatable bonds is 7. The van der Waals surface area contributed by atoms with Gasteiger partial charge in [0.1, 0.15) is 0 Å². The quantitative estimate of drug-likeness (QED) is 0.608. The number of nitrogens with one attached hydrogen (secondary N) is 1. The largest absolute Gasteiger partial charge is 0.396 e. The molecule has 0 saturated heterocycles. The van der Waals surface area contributed by atoms with Crippen LogP contribution in [0.5, 0.6) is 0 Å². The zero-order chi connectivity index (χ0) is 16.3. The van der Waals surface area contributed by atoms with Gasteiger partial charge in [0.2, 0.25) is 0 Å². The molecule has 2 N–H and O–H groups in total. The summed E-state index contributed by atoms with van der Waals surface area (Å²) in [5.41, 5.74) is 1.99. The van der Waals surface area contributed by atoms with Gasteiger partial charge in [-0.1, -0.05) is 42.5 Å². The zero-order valence-electron chi connectivity index (χ0n) is 12.8. The number of aliphatic hydroxyl groups is 1. The summed E-state index contributed by atoms with van der Waals surface area (Å²) in [6.45, 7) is 0.877. The number of hydrogen-bond acceptors (Lipinski definition) is 4. The van der Waals surface area contributed by atoms with E-state index >= 15 is 0 Å². The molecule has 1 fully saturated rings. The van der Waals surface area contributed by atoms with Gasteiger partial charge in [0.05, 0.1) is 11.0 Å². The molecule has 0 heterocycles. The number of aliphatic hydroxyl groups excluding tert-OH is 1. The summed E-state index contributed by atoms with van der Waals surface area (Å²) in [5.74, 6) is 0. The molecule has 3 rings (SSSR count). The Balaban J connectivity index is 1.88. The molecule has 0 bridgehead atoms. The minimum Gasteiger partial charge on any atom is -0.396 e. The molecule has 1 atom stereocenters. The van der Waals surface area contributed by atoms with Crippen LogP contribution >= 0.6 is 0 Å². The van der Waals surface area contributed by atoms with E-state index in [1.165, 1.54) is 6.07 Å². The molecule has 5 nitrogen and oxygen atoms in total. The molecule has 120 valence electrons. The van der Waals surface area contributed by atoms with E-state index in [1.54, 1.807) is 12.1 Å². The molecule has 1 aliphatic carbocycles. The summed E-state index contributed by atoms with van der Waals surface area (Å²) in [7, 11) is 0. The first-order chi connectivity index (χ1) is 11.1. The van der Waals surface area contributed by atoms with Gasteiger partial charge in [-0.05, 0) is 24.0 Å². The average molecular weight is 312 g/mol. The lowest BCUT2D eigenvalue weighted by molar-refractivity contribution is -0.384. The molecule has 0 aromatic heterocycles. The lowest BCUT2D eigenvalue weighted by atomic mass is 9.97. The van der Waals surface area contributed by atoms with Gasteiger partial charge in [0.25, 0.3) is 5.69 Å². The van der Waals surface area contributed by atoms with E-state index in [2.05, 4.69) is 5.32 Å². The topological polar surface area (TPSA) is 75.4 Å². The van der Waals surface area contributed by atoms with Crippen LogP contribution in [0.2, 0.25) is 0 Å². The predicted octanol–water partition coefficient (Wildman–Crippen LogP) is 3.05. The van der Waals surface area contributed by atoms with Crippen molar-refractivity contribution in [3.05, 3.63) is 75.8 Å². The number of nitro benzene ring substituents is 1. The van der Waals surface area contributed by atoms with Gasteiger partial charge >= 0.3 is 0 Å². The second-order valence-electron chi connectivity index (χ2n) is 6.23. The van der Waals surface area contributed by atoms with Gasteiger partial charge in [-0.3, -0.25) is 10.1 Å². The van der Waals surface area contributed by atoms with Crippen LogP contribution in [0.4, 0.5) is 5.69 Å². The van der Waals surface area contributed by atoms with Crippen molar-refractivity contribution >= 4 is 5.69 Å². The Morgan fingerprint density at radius 1 is 1.13 bits per heavy atom. The van der Waals surface area contributed by atoms with Crippen molar-refractivity contribution in [2.45, 2.75) is 18.9 Å². The number of nitrogens with zero attached hydrogens (tertiary/aromatic N) is 1. The van der Waals surface area contributed by atoms with Crippen molar-refractivity contribution in [1.82, 2.24) is 5.32 Å². The van der Waals surface area contributed by atoms with E-state index in [-0.39, 0.29) is 28.7 Å². The van der Waals surface area contributed by atoms with Crippen LogP contribution in [-0.4, -0.2) is 23.2 Å². The predicted molar refractivity (Wildman–Crippen MR) is 88.1 cm³/mol. The number of benzene rings is 2. The van der Waals surface area contributed by atoms with Crippen molar-refractivity contribution in [3.8, 4) is 0 Å². The lowest BCUT2D eigenvalue weighted by Crippen LogP contribution is -2.30. The summed E-state index contributed by atoms with van der Waals surface area (Å²) >= 11 is 0. The first kappa shape index (κ1) is 15.6. The van der Waals surface area contributed by atoms with Crippen molar-refractivity contribution in [3.63, 3.8) is 0 Å². The monoisotopic (exact) mass is 312 g/mol. The van der Waals surface area contributed by atoms with E-state index in [0.29, 0.717) is 6.54 Å². The Kier molecular flexibility index (Phi) is 4.41. The third kappa shape index (κ3) is 3.57. The van der Waals surface area contributed by atoms with Crippen LogP contribution in [0.1, 0.15) is 30.0 Å². The van der Waals surface area contributed by atoms with Crippen LogP contribution in [0, 0.1) is 15.5 Å². The summed E-state index contributed by atoms with van der Waals surface area (Å²) in [5, 5.41) is 24.0. The van der Waals surface area contributed by atoms with Crippen molar-refractivity contribution in [2.24, 2.45) is 5.41 Å². The molecule has 0 spiro atoms. The molecule has 1 saturated carbocycles. The second-order valence-corrected chi connectivity index (χ2v) is 6.23. The van der Waals surface area contributed by atoms with Gasteiger partial charge in [-0.25, -0.2) is 0 Å². The molecular formula is C18H20N2O3. The van der Waals surface area contributed by atoms with E-state index < -0.39 is 0 Å². The molecule has 0 radical (unpaired) electrons. The van der Waals surface area contributed by atoms with Crippen molar-refractivity contribution < 1.29 is 10.0 Å². The number of nitro groups is 1. The SMILES string of the molecule is O=[N+]([O-])c1cccc(C(NCC2(CO)CC2)c2ccccc2)c1. The van der Waals surface area contributed by atoms with Crippen LogP contribution in [0.25, 0.3) is 0 Å². The highest BCUT2D eigenvalue weighted by Gasteiger charge is 2.42. The van der Waals surface area contributed by atoms with Crippen LogP contribution in [0.3, 0.4) is 0 Å². The second kappa shape index (κ2) is 6.48. The molecular weight excluding hydrogens is 292 g/mol. The molecule has 2 aromatic rings. The molecule has 1 aliphatic rings. The Hall–Kier alpha value is -2.24. The average Bonchev–Trinajstić information content (AvgIpc) is 3.37. The van der Waals surface area contributed by atoms with Gasteiger partial charge < -0.3 is 10.4 Å². The lowest BCUT2D eigenvalue weighted by Gasteiger charge is -2.22. The first-order valence-corrected chi connectivity index (χ1v) is 7.77. The van der Waals surface area contributed by atoms with E-state index in [1.807, 2.05) is 36.4 Å².